The van der Waals surface area contributed by atoms with Crippen molar-refractivity contribution < 1.29 is 18.9 Å². The summed E-state index contributed by atoms with van der Waals surface area (Å²) in [5.41, 5.74) is 3.00. The first-order chi connectivity index (χ1) is 12.6. The topological polar surface area (TPSA) is 85.8 Å². The highest BCUT2D eigenvalue weighted by Crippen LogP contribution is 2.33. The van der Waals surface area contributed by atoms with Crippen LogP contribution in [0.3, 0.4) is 0 Å². The molecule has 26 heavy (non-hydrogen) atoms. The first-order valence-electron chi connectivity index (χ1n) is 8.18. The highest BCUT2D eigenvalue weighted by Gasteiger charge is 2.27. The van der Waals surface area contributed by atoms with E-state index in [4.69, 9.17) is 9.15 Å². The molecule has 0 saturated heterocycles. The lowest BCUT2D eigenvalue weighted by Gasteiger charge is -2.16. The summed E-state index contributed by atoms with van der Waals surface area (Å²) in [7, 11) is 1.58. The van der Waals surface area contributed by atoms with E-state index in [1.54, 1.807) is 30.4 Å². The van der Waals surface area contributed by atoms with E-state index in [9.17, 15) is 14.9 Å². The number of nitrogens with zero attached hydrogens (tertiary/aromatic N) is 2. The van der Waals surface area contributed by atoms with Crippen molar-refractivity contribution in [1.29, 1.82) is 0 Å². The molecule has 0 aliphatic carbocycles. The van der Waals surface area contributed by atoms with E-state index in [2.05, 4.69) is 0 Å². The van der Waals surface area contributed by atoms with E-state index in [1.807, 2.05) is 12.1 Å². The first-order valence-corrected chi connectivity index (χ1v) is 8.18. The van der Waals surface area contributed by atoms with Gasteiger partial charge in [0.15, 0.2) is 0 Å². The number of hydrogen-bond acceptors (Lipinski definition) is 5. The van der Waals surface area contributed by atoms with Crippen LogP contribution in [0.4, 0.5) is 11.4 Å². The number of fused-ring (bicyclic) bond motifs is 2. The lowest BCUT2D eigenvalue weighted by atomic mass is 10.1. The number of rotatable bonds is 4. The van der Waals surface area contributed by atoms with Crippen LogP contribution in [0.15, 0.2) is 47.1 Å². The number of furan rings is 1. The maximum Gasteiger partial charge on any atom is 0.271 e. The Labute approximate surface area is 148 Å². The van der Waals surface area contributed by atoms with Gasteiger partial charge in [-0.1, -0.05) is 6.07 Å². The van der Waals surface area contributed by atoms with Crippen molar-refractivity contribution >= 4 is 28.3 Å². The van der Waals surface area contributed by atoms with E-state index in [0.717, 1.165) is 16.5 Å². The molecule has 0 unspecified atom stereocenters. The molecule has 0 spiro atoms. The van der Waals surface area contributed by atoms with Gasteiger partial charge in [0, 0.05) is 35.7 Å². The lowest BCUT2D eigenvalue weighted by molar-refractivity contribution is -0.384. The van der Waals surface area contributed by atoms with Gasteiger partial charge in [-0.25, -0.2) is 0 Å². The smallest absolute Gasteiger partial charge is 0.271 e. The monoisotopic (exact) mass is 352 g/mol. The van der Waals surface area contributed by atoms with Crippen molar-refractivity contribution in [1.82, 2.24) is 0 Å². The second kappa shape index (κ2) is 6.18. The molecule has 0 atom stereocenters. The van der Waals surface area contributed by atoms with Crippen molar-refractivity contribution in [2.24, 2.45) is 0 Å². The molecule has 1 aliphatic heterocycles. The van der Waals surface area contributed by atoms with Gasteiger partial charge in [0.25, 0.3) is 5.69 Å². The van der Waals surface area contributed by atoms with E-state index in [-0.39, 0.29) is 18.0 Å². The van der Waals surface area contributed by atoms with Gasteiger partial charge in [-0.15, -0.1) is 0 Å². The second-order valence-corrected chi connectivity index (χ2v) is 6.17. The molecule has 7 nitrogen and oxygen atoms in total. The molecule has 4 rings (SSSR count). The minimum absolute atomic E-state index is 0.00990. The molecule has 3 aromatic rings. The Kier molecular flexibility index (Phi) is 3.84. The molecule has 2 heterocycles. The number of ether oxygens (including phenoxy) is 1. The Hall–Kier alpha value is -3.35. The van der Waals surface area contributed by atoms with Crippen LogP contribution in [-0.2, 0) is 17.6 Å². The third-order valence-corrected chi connectivity index (χ3v) is 4.68. The first kappa shape index (κ1) is 16.1. The average Bonchev–Trinajstić information content (AvgIpc) is 3.24. The number of methoxy groups -OCH3 is 1. The Bertz CT molecular complexity index is 1020. The fraction of sp³-hybridized carbons (Fsp3) is 0.211. The number of amides is 1. The summed E-state index contributed by atoms with van der Waals surface area (Å²) in [4.78, 5) is 25.0. The van der Waals surface area contributed by atoms with Gasteiger partial charge >= 0.3 is 0 Å². The Morgan fingerprint density at radius 2 is 2.15 bits per heavy atom. The van der Waals surface area contributed by atoms with Crippen molar-refractivity contribution in [3.05, 3.63) is 63.9 Å². The molecule has 0 N–H and O–H groups in total. The number of anilines is 1. The van der Waals surface area contributed by atoms with Crippen LogP contribution in [0, 0.1) is 10.1 Å². The minimum atomic E-state index is -0.446. The number of non-ortho nitro benzene ring substituents is 1. The lowest BCUT2D eigenvalue weighted by Crippen LogP contribution is -2.30. The van der Waals surface area contributed by atoms with Crippen LogP contribution in [0.5, 0.6) is 5.75 Å². The zero-order valence-corrected chi connectivity index (χ0v) is 14.1. The fourth-order valence-corrected chi connectivity index (χ4v) is 3.33. The van der Waals surface area contributed by atoms with E-state index in [1.165, 1.54) is 12.1 Å². The third-order valence-electron chi connectivity index (χ3n) is 4.68. The molecule has 1 aromatic heterocycles. The number of nitro groups is 1. The number of hydrogen-bond donors (Lipinski definition) is 0. The van der Waals surface area contributed by atoms with Crippen LogP contribution >= 0.6 is 0 Å². The van der Waals surface area contributed by atoms with Gasteiger partial charge in [0.05, 0.1) is 30.4 Å². The van der Waals surface area contributed by atoms with Gasteiger partial charge < -0.3 is 14.1 Å². The normalized spacial score (nSPS) is 13.0. The molecular weight excluding hydrogens is 336 g/mol. The van der Waals surface area contributed by atoms with Gasteiger partial charge in [0.2, 0.25) is 5.91 Å². The van der Waals surface area contributed by atoms with Crippen LogP contribution in [-0.4, -0.2) is 24.5 Å². The zero-order chi connectivity index (χ0) is 18.3. The molecule has 1 amide bonds. The predicted molar refractivity (Wildman–Crippen MR) is 95.6 cm³/mol. The van der Waals surface area contributed by atoms with Gasteiger partial charge in [-0.2, -0.15) is 0 Å². The molecule has 7 heteroatoms. The maximum atomic E-state index is 12.8. The molecule has 0 fully saturated rings. The quantitative estimate of drug-likeness (QED) is 0.530. The van der Waals surface area contributed by atoms with Crippen LogP contribution < -0.4 is 9.64 Å². The standard InChI is InChI=1S/C19H16N2O5/c1-25-15-4-5-16-13(11-26-18(16)10-15)8-19(22)20-7-6-12-2-3-14(21(23)24)9-17(12)20/h2-5,9-11H,6-8H2,1H3. The fourth-order valence-electron chi connectivity index (χ4n) is 3.33. The average molecular weight is 352 g/mol. The summed E-state index contributed by atoms with van der Waals surface area (Å²) in [6.45, 7) is 0.527. The Morgan fingerprint density at radius 1 is 1.31 bits per heavy atom. The van der Waals surface area contributed by atoms with Crippen LogP contribution in [0.2, 0.25) is 0 Å². The summed E-state index contributed by atoms with van der Waals surface area (Å²) in [5.74, 6) is 0.577. The van der Waals surface area contributed by atoms with E-state index in [0.29, 0.717) is 30.0 Å². The predicted octanol–water partition coefficient (Wildman–Crippen LogP) is 3.48. The van der Waals surface area contributed by atoms with Crippen molar-refractivity contribution in [3.63, 3.8) is 0 Å². The van der Waals surface area contributed by atoms with E-state index < -0.39 is 4.92 Å². The summed E-state index contributed by atoms with van der Waals surface area (Å²) < 4.78 is 10.7. The largest absolute Gasteiger partial charge is 0.497 e. The number of carbonyl (C=O) groups excluding carboxylic acids is 1. The molecule has 0 radical (unpaired) electrons. The molecule has 0 saturated carbocycles. The molecule has 132 valence electrons. The summed E-state index contributed by atoms with van der Waals surface area (Å²) in [5, 5.41) is 11.9. The van der Waals surface area contributed by atoms with Gasteiger partial charge in [-0.3, -0.25) is 14.9 Å². The molecule has 2 aromatic carbocycles. The van der Waals surface area contributed by atoms with Gasteiger partial charge in [0.1, 0.15) is 11.3 Å². The molecule has 0 bridgehead atoms. The molecule has 1 aliphatic rings. The second-order valence-electron chi connectivity index (χ2n) is 6.17. The highest BCUT2D eigenvalue weighted by molar-refractivity contribution is 5.99. The maximum absolute atomic E-state index is 12.8. The summed E-state index contributed by atoms with van der Waals surface area (Å²) >= 11 is 0. The van der Waals surface area contributed by atoms with Crippen LogP contribution in [0.25, 0.3) is 11.0 Å². The highest BCUT2D eigenvalue weighted by atomic mass is 16.6. The van der Waals surface area contributed by atoms with Gasteiger partial charge in [-0.05, 0) is 24.1 Å². The summed E-state index contributed by atoms with van der Waals surface area (Å²) in [6, 6.07) is 10.1. The molecular formula is C19H16N2O5. The zero-order valence-electron chi connectivity index (χ0n) is 14.1. The van der Waals surface area contributed by atoms with Crippen molar-refractivity contribution in [2.75, 3.05) is 18.6 Å². The van der Waals surface area contributed by atoms with Crippen molar-refractivity contribution in [3.8, 4) is 5.75 Å². The Morgan fingerprint density at radius 3 is 2.92 bits per heavy atom. The SMILES string of the molecule is COc1ccc2c(CC(=O)N3CCc4ccc([N+](=O)[O-])cc43)coc2c1. The third kappa shape index (κ3) is 2.67. The number of carbonyl (C=O) groups is 1. The van der Waals surface area contributed by atoms with Crippen molar-refractivity contribution in [2.45, 2.75) is 12.8 Å². The van der Waals surface area contributed by atoms with Crippen LogP contribution in [0.1, 0.15) is 11.1 Å². The number of nitro benzene ring substituents is 1. The minimum Gasteiger partial charge on any atom is -0.497 e. The summed E-state index contributed by atoms with van der Waals surface area (Å²) in [6.07, 6.45) is 2.44. The number of benzene rings is 2. The van der Waals surface area contributed by atoms with E-state index >= 15 is 0 Å². The Balaban J connectivity index is 1.61.